The Morgan fingerprint density at radius 1 is 0.775 bits per heavy atom. The molecule has 0 saturated carbocycles. The molecular weight excluding hydrogens is 517 g/mol. The highest BCUT2D eigenvalue weighted by Gasteiger charge is 2.45. The van der Waals surface area contributed by atoms with E-state index in [4.69, 9.17) is 4.74 Å². The molecule has 0 atom stereocenters. The van der Waals surface area contributed by atoms with Gasteiger partial charge in [0.2, 0.25) is 5.91 Å². The summed E-state index contributed by atoms with van der Waals surface area (Å²) in [7, 11) is 0. The van der Waals surface area contributed by atoms with Crippen molar-refractivity contribution in [3.8, 4) is 0 Å². The van der Waals surface area contributed by atoms with E-state index in [0.29, 0.717) is 70.8 Å². The Balaban J connectivity index is 1.37. The SMILES string of the molecule is O=C(N1CCOCC1)C(CCN1CCC(O)(c2ccc(C(F)(F)F)cc2)CC1)(c1ccccc1)c1ccccc1. The average Bonchev–Trinajstić information content (AvgIpc) is 2.99. The monoisotopic (exact) mass is 552 g/mol. The zero-order chi connectivity index (χ0) is 28.2. The van der Waals surface area contributed by atoms with Crippen LogP contribution in [0.4, 0.5) is 13.2 Å². The van der Waals surface area contributed by atoms with Gasteiger partial charge in [-0.25, -0.2) is 0 Å². The molecule has 0 unspecified atom stereocenters. The minimum Gasteiger partial charge on any atom is -0.385 e. The molecule has 0 spiro atoms. The highest BCUT2D eigenvalue weighted by Crippen LogP contribution is 2.40. The molecule has 2 aliphatic heterocycles. The molecule has 0 bridgehead atoms. The number of morpholine rings is 1. The second-order valence-electron chi connectivity index (χ2n) is 10.7. The van der Waals surface area contributed by atoms with Gasteiger partial charge in [-0.2, -0.15) is 13.2 Å². The lowest BCUT2D eigenvalue weighted by Crippen LogP contribution is -2.53. The minimum absolute atomic E-state index is 0.0615. The number of rotatable bonds is 7. The third-order valence-corrected chi connectivity index (χ3v) is 8.43. The average molecular weight is 553 g/mol. The molecule has 1 N–H and O–H groups in total. The fourth-order valence-electron chi connectivity index (χ4n) is 6.02. The number of alkyl halides is 3. The smallest absolute Gasteiger partial charge is 0.385 e. The summed E-state index contributed by atoms with van der Waals surface area (Å²) in [4.78, 5) is 18.6. The Morgan fingerprint density at radius 2 is 1.30 bits per heavy atom. The number of aliphatic hydroxyl groups is 1. The molecule has 0 radical (unpaired) electrons. The lowest BCUT2D eigenvalue weighted by molar-refractivity contribution is -0.140. The van der Waals surface area contributed by atoms with Crippen LogP contribution in [0.1, 0.15) is 41.5 Å². The lowest BCUT2D eigenvalue weighted by atomic mass is 9.70. The van der Waals surface area contributed by atoms with Gasteiger partial charge >= 0.3 is 6.18 Å². The van der Waals surface area contributed by atoms with Gasteiger partial charge in [0, 0.05) is 26.2 Å². The van der Waals surface area contributed by atoms with Gasteiger partial charge in [-0.1, -0.05) is 72.8 Å². The van der Waals surface area contributed by atoms with Gasteiger partial charge in [0.15, 0.2) is 0 Å². The number of amides is 1. The van der Waals surface area contributed by atoms with E-state index in [9.17, 15) is 23.1 Å². The Bertz CT molecular complexity index is 1210. The number of halogens is 3. The zero-order valence-electron chi connectivity index (χ0n) is 22.4. The first-order chi connectivity index (χ1) is 19.2. The quantitative estimate of drug-likeness (QED) is 0.437. The van der Waals surface area contributed by atoms with E-state index in [1.807, 2.05) is 65.6 Å². The van der Waals surface area contributed by atoms with Gasteiger partial charge in [0.1, 0.15) is 5.41 Å². The molecule has 212 valence electrons. The van der Waals surface area contributed by atoms with Crippen LogP contribution >= 0.6 is 0 Å². The van der Waals surface area contributed by atoms with Crippen molar-refractivity contribution in [2.24, 2.45) is 0 Å². The van der Waals surface area contributed by atoms with E-state index in [2.05, 4.69) is 4.90 Å². The summed E-state index contributed by atoms with van der Waals surface area (Å²) in [6, 6.07) is 24.7. The van der Waals surface area contributed by atoms with Crippen LogP contribution in [0.5, 0.6) is 0 Å². The molecule has 5 rings (SSSR count). The fraction of sp³-hybridized carbons (Fsp3) is 0.406. The lowest BCUT2D eigenvalue weighted by Gasteiger charge is -2.42. The Labute approximate surface area is 233 Å². The third kappa shape index (κ3) is 5.80. The van der Waals surface area contributed by atoms with Crippen LogP contribution in [-0.4, -0.2) is 66.8 Å². The van der Waals surface area contributed by atoms with E-state index in [-0.39, 0.29) is 5.91 Å². The summed E-state index contributed by atoms with van der Waals surface area (Å²) in [5, 5.41) is 11.3. The molecule has 3 aromatic carbocycles. The Hall–Kier alpha value is -3.20. The second-order valence-corrected chi connectivity index (χ2v) is 10.7. The van der Waals surface area contributed by atoms with Gasteiger partial charge in [-0.15, -0.1) is 0 Å². The molecule has 8 heteroatoms. The maximum absolute atomic E-state index is 14.4. The van der Waals surface area contributed by atoms with Crippen LogP contribution in [-0.2, 0) is 26.7 Å². The van der Waals surface area contributed by atoms with Crippen molar-refractivity contribution >= 4 is 5.91 Å². The van der Waals surface area contributed by atoms with Gasteiger partial charge in [0.25, 0.3) is 0 Å². The molecule has 2 heterocycles. The fourth-order valence-corrected chi connectivity index (χ4v) is 6.02. The number of piperidine rings is 1. The Kier molecular flexibility index (Phi) is 8.31. The number of benzene rings is 3. The van der Waals surface area contributed by atoms with Crippen molar-refractivity contribution in [2.45, 2.75) is 36.5 Å². The molecule has 2 saturated heterocycles. The number of likely N-dealkylation sites (tertiary alicyclic amines) is 1. The number of hydrogen-bond donors (Lipinski definition) is 1. The van der Waals surface area contributed by atoms with Crippen LogP contribution in [0.25, 0.3) is 0 Å². The molecule has 1 amide bonds. The summed E-state index contributed by atoms with van der Waals surface area (Å²) in [6.07, 6.45) is -3.05. The van der Waals surface area contributed by atoms with Gasteiger partial charge < -0.3 is 19.6 Å². The predicted molar refractivity (Wildman–Crippen MR) is 147 cm³/mol. The van der Waals surface area contributed by atoms with E-state index in [1.165, 1.54) is 12.1 Å². The predicted octanol–water partition coefficient (Wildman–Crippen LogP) is 5.22. The van der Waals surface area contributed by atoms with Gasteiger partial charge in [-0.3, -0.25) is 4.79 Å². The topological polar surface area (TPSA) is 53.0 Å². The molecule has 3 aromatic rings. The first-order valence-corrected chi connectivity index (χ1v) is 13.8. The normalized spacial score (nSPS) is 18.4. The highest BCUT2D eigenvalue weighted by molar-refractivity contribution is 5.92. The summed E-state index contributed by atoms with van der Waals surface area (Å²) in [5.41, 5.74) is -0.404. The van der Waals surface area contributed by atoms with E-state index < -0.39 is 22.8 Å². The molecule has 2 fully saturated rings. The van der Waals surface area contributed by atoms with Gasteiger partial charge in [0.05, 0.1) is 24.4 Å². The molecule has 0 aromatic heterocycles. The van der Waals surface area contributed by atoms with Crippen molar-refractivity contribution in [1.29, 1.82) is 0 Å². The van der Waals surface area contributed by atoms with Crippen molar-refractivity contribution in [2.75, 3.05) is 45.9 Å². The second kappa shape index (κ2) is 11.7. The van der Waals surface area contributed by atoms with Crippen LogP contribution < -0.4 is 0 Å². The first-order valence-electron chi connectivity index (χ1n) is 13.8. The summed E-state index contributed by atoms with van der Waals surface area (Å²) < 4.78 is 44.6. The van der Waals surface area contributed by atoms with Crippen LogP contribution in [0.15, 0.2) is 84.9 Å². The largest absolute Gasteiger partial charge is 0.416 e. The van der Waals surface area contributed by atoms with Crippen LogP contribution in [0.3, 0.4) is 0 Å². The van der Waals surface area contributed by atoms with Crippen molar-refractivity contribution in [3.05, 3.63) is 107 Å². The standard InChI is InChI=1S/C32H35F3N2O3/c33-32(34,35)28-13-11-25(12-14-28)30(39)15-18-36(19-16-30)20-17-31(26-7-3-1-4-8-26,27-9-5-2-6-10-27)29(38)37-21-23-40-24-22-37/h1-14,39H,15-24H2. The van der Waals surface area contributed by atoms with Gasteiger partial charge in [-0.05, 0) is 54.6 Å². The molecule has 40 heavy (non-hydrogen) atoms. The van der Waals surface area contributed by atoms with Crippen molar-refractivity contribution < 1.29 is 27.8 Å². The van der Waals surface area contributed by atoms with Crippen LogP contribution in [0, 0.1) is 0 Å². The number of carbonyl (C=O) groups excluding carboxylic acids is 1. The molecule has 2 aliphatic rings. The Morgan fingerprint density at radius 3 is 1.80 bits per heavy atom. The maximum Gasteiger partial charge on any atom is 0.416 e. The van der Waals surface area contributed by atoms with E-state index >= 15 is 0 Å². The highest BCUT2D eigenvalue weighted by atomic mass is 19.4. The number of ether oxygens (including phenoxy) is 1. The number of carbonyl (C=O) groups is 1. The van der Waals surface area contributed by atoms with E-state index in [1.54, 1.807) is 0 Å². The number of hydrogen-bond acceptors (Lipinski definition) is 4. The maximum atomic E-state index is 14.4. The summed E-state index contributed by atoms with van der Waals surface area (Å²) in [6.45, 7) is 3.89. The summed E-state index contributed by atoms with van der Waals surface area (Å²) in [5.74, 6) is 0.0615. The van der Waals surface area contributed by atoms with E-state index in [0.717, 1.165) is 23.3 Å². The third-order valence-electron chi connectivity index (χ3n) is 8.43. The molecule has 0 aliphatic carbocycles. The minimum atomic E-state index is -4.41. The van der Waals surface area contributed by atoms with Crippen LogP contribution in [0.2, 0.25) is 0 Å². The number of nitrogens with zero attached hydrogens (tertiary/aromatic N) is 2. The van der Waals surface area contributed by atoms with Crippen molar-refractivity contribution in [1.82, 2.24) is 9.80 Å². The zero-order valence-corrected chi connectivity index (χ0v) is 22.4. The molecular formula is C32H35F3N2O3. The first kappa shape index (κ1) is 28.3. The summed E-state index contributed by atoms with van der Waals surface area (Å²) >= 11 is 0. The van der Waals surface area contributed by atoms with Crippen molar-refractivity contribution in [3.63, 3.8) is 0 Å². The molecule has 5 nitrogen and oxygen atoms in total.